The first-order valence-electron chi connectivity index (χ1n) is 3.35. The molecule has 0 spiro atoms. The summed E-state index contributed by atoms with van der Waals surface area (Å²) in [7, 11) is 0. The second-order valence-corrected chi connectivity index (χ2v) is 3.42. The van der Waals surface area contributed by atoms with Crippen LogP contribution >= 0.6 is 15.9 Å². The molecule has 0 saturated heterocycles. The topological polar surface area (TPSA) is 29.5 Å². The van der Waals surface area contributed by atoms with Gasteiger partial charge in [0.15, 0.2) is 6.29 Å². The molecule has 1 aliphatic heterocycles. The van der Waals surface area contributed by atoms with E-state index in [4.69, 9.17) is 4.74 Å². The van der Waals surface area contributed by atoms with E-state index >= 15 is 0 Å². The number of halogens is 1. The highest BCUT2D eigenvalue weighted by Gasteiger charge is 2.20. The first kappa shape index (κ1) is 7.28. The fraction of sp³-hybridized carbons (Fsp3) is 0.250. The summed E-state index contributed by atoms with van der Waals surface area (Å²) < 4.78 is 5.99. The van der Waals surface area contributed by atoms with Gasteiger partial charge in [-0.3, -0.25) is 0 Å². The maximum atomic E-state index is 9.26. The zero-order valence-electron chi connectivity index (χ0n) is 5.75. The number of hydrogen-bond donors (Lipinski definition) is 1. The molecule has 0 radical (unpaired) electrons. The molecule has 0 bridgehead atoms. The van der Waals surface area contributed by atoms with Crippen LogP contribution in [-0.2, 0) is 11.3 Å². The molecule has 0 aliphatic carbocycles. The van der Waals surface area contributed by atoms with Crippen molar-refractivity contribution in [1.82, 2.24) is 0 Å². The highest BCUT2D eigenvalue weighted by Crippen LogP contribution is 2.30. The Bertz CT molecular complexity index is 285. The standard InChI is InChI=1S/C8H7BrO2/c9-6-2-1-5-4-11-8(10)7(5)3-6/h1-3,8,10H,4H2. The van der Waals surface area contributed by atoms with Gasteiger partial charge in [0.2, 0.25) is 0 Å². The molecule has 0 aromatic heterocycles. The van der Waals surface area contributed by atoms with Crippen molar-refractivity contribution in [3.63, 3.8) is 0 Å². The molecule has 2 rings (SSSR count). The lowest BCUT2D eigenvalue weighted by molar-refractivity contribution is -0.0918. The maximum Gasteiger partial charge on any atom is 0.181 e. The van der Waals surface area contributed by atoms with Crippen LogP contribution < -0.4 is 0 Å². The number of ether oxygens (including phenoxy) is 1. The van der Waals surface area contributed by atoms with Crippen molar-refractivity contribution >= 4 is 15.9 Å². The fourth-order valence-electron chi connectivity index (χ4n) is 1.19. The van der Waals surface area contributed by atoms with E-state index in [1.165, 1.54) is 0 Å². The van der Waals surface area contributed by atoms with Gasteiger partial charge in [-0.15, -0.1) is 0 Å². The molecular formula is C8H7BrO2. The van der Waals surface area contributed by atoms with Gasteiger partial charge in [-0.05, 0) is 17.7 Å². The highest BCUT2D eigenvalue weighted by atomic mass is 79.9. The molecule has 1 atom stereocenters. The summed E-state index contributed by atoms with van der Waals surface area (Å²) in [4.78, 5) is 0. The van der Waals surface area contributed by atoms with Gasteiger partial charge in [0.1, 0.15) is 0 Å². The minimum atomic E-state index is -0.734. The van der Waals surface area contributed by atoms with Crippen molar-refractivity contribution in [3.8, 4) is 0 Å². The predicted molar refractivity (Wildman–Crippen MR) is 43.9 cm³/mol. The molecule has 0 fully saturated rings. The molecule has 1 aliphatic rings. The van der Waals surface area contributed by atoms with E-state index < -0.39 is 6.29 Å². The lowest BCUT2D eigenvalue weighted by atomic mass is 10.1. The first-order valence-corrected chi connectivity index (χ1v) is 4.14. The third kappa shape index (κ3) is 1.20. The average Bonchev–Trinajstić information content (AvgIpc) is 2.33. The molecule has 0 amide bonds. The molecule has 0 saturated carbocycles. The number of fused-ring (bicyclic) bond motifs is 1. The molecule has 2 nitrogen and oxygen atoms in total. The largest absolute Gasteiger partial charge is 0.364 e. The van der Waals surface area contributed by atoms with Crippen molar-refractivity contribution in [2.24, 2.45) is 0 Å². The Hall–Kier alpha value is -0.380. The Labute approximate surface area is 72.9 Å². The summed E-state index contributed by atoms with van der Waals surface area (Å²) in [5.74, 6) is 0. The lowest BCUT2D eigenvalue weighted by Gasteiger charge is -2.01. The van der Waals surface area contributed by atoms with Gasteiger partial charge >= 0.3 is 0 Å². The summed E-state index contributed by atoms with van der Waals surface area (Å²) in [6, 6.07) is 5.78. The van der Waals surface area contributed by atoms with Crippen LogP contribution in [-0.4, -0.2) is 5.11 Å². The Morgan fingerprint density at radius 1 is 1.55 bits per heavy atom. The van der Waals surface area contributed by atoms with Crippen LogP contribution in [0.15, 0.2) is 22.7 Å². The van der Waals surface area contributed by atoms with Gasteiger partial charge in [0, 0.05) is 10.0 Å². The van der Waals surface area contributed by atoms with E-state index in [0.717, 1.165) is 15.6 Å². The van der Waals surface area contributed by atoms with Crippen molar-refractivity contribution in [2.45, 2.75) is 12.9 Å². The molecule has 58 valence electrons. The van der Waals surface area contributed by atoms with Crippen molar-refractivity contribution in [1.29, 1.82) is 0 Å². The van der Waals surface area contributed by atoms with Gasteiger partial charge in [-0.1, -0.05) is 22.0 Å². The quantitative estimate of drug-likeness (QED) is 0.716. The van der Waals surface area contributed by atoms with Crippen LogP contribution in [0.4, 0.5) is 0 Å². The monoisotopic (exact) mass is 214 g/mol. The number of aliphatic hydroxyl groups is 1. The van der Waals surface area contributed by atoms with Gasteiger partial charge in [0.05, 0.1) is 6.61 Å². The van der Waals surface area contributed by atoms with Crippen LogP contribution in [0, 0.1) is 0 Å². The summed E-state index contributed by atoms with van der Waals surface area (Å²) in [5, 5.41) is 9.26. The normalized spacial score (nSPS) is 21.8. The van der Waals surface area contributed by atoms with Crippen LogP contribution in [0.1, 0.15) is 17.4 Å². The predicted octanol–water partition coefficient (Wildman–Crippen LogP) is 1.97. The number of rotatable bonds is 0. The number of benzene rings is 1. The Kier molecular flexibility index (Phi) is 1.71. The Balaban J connectivity index is 2.52. The van der Waals surface area contributed by atoms with Crippen LogP contribution in [0.3, 0.4) is 0 Å². The van der Waals surface area contributed by atoms with Gasteiger partial charge in [-0.25, -0.2) is 0 Å². The van der Waals surface area contributed by atoms with Gasteiger partial charge in [-0.2, -0.15) is 0 Å². The zero-order valence-corrected chi connectivity index (χ0v) is 7.34. The molecule has 1 aromatic carbocycles. The minimum Gasteiger partial charge on any atom is -0.364 e. The average molecular weight is 215 g/mol. The van der Waals surface area contributed by atoms with E-state index in [2.05, 4.69) is 15.9 Å². The van der Waals surface area contributed by atoms with Crippen molar-refractivity contribution in [3.05, 3.63) is 33.8 Å². The Morgan fingerprint density at radius 2 is 2.36 bits per heavy atom. The molecule has 1 aromatic rings. The summed E-state index contributed by atoms with van der Waals surface area (Å²) in [6.07, 6.45) is -0.734. The second-order valence-electron chi connectivity index (χ2n) is 2.51. The summed E-state index contributed by atoms with van der Waals surface area (Å²) in [6.45, 7) is 0.518. The SMILES string of the molecule is OC1OCc2ccc(Br)cc21. The maximum absolute atomic E-state index is 9.26. The van der Waals surface area contributed by atoms with Crippen molar-refractivity contribution < 1.29 is 9.84 Å². The third-order valence-electron chi connectivity index (χ3n) is 1.77. The van der Waals surface area contributed by atoms with E-state index in [1.54, 1.807) is 0 Å². The van der Waals surface area contributed by atoms with Gasteiger partial charge < -0.3 is 9.84 Å². The molecule has 3 heteroatoms. The molecule has 1 unspecified atom stereocenters. The Morgan fingerprint density at radius 3 is 3.18 bits per heavy atom. The second kappa shape index (κ2) is 2.59. The van der Waals surface area contributed by atoms with Crippen LogP contribution in [0.5, 0.6) is 0 Å². The third-order valence-corrected chi connectivity index (χ3v) is 2.26. The van der Waals surface area contributed by atoms with E-state index in [-0.39, 0.29) is 0 Å². The van der Waals surface area contributed by atoms with Gasteiger partial charge in [0.25, 0.3) is 0 Å². The smallest absolute Gasteiger partial charge is 0.181 e. The summed E-state index contributed by atoms with van der Waals surface area (Å²) >= 11 is 3.33. The highest BCUT2D eigenvalue weighted by molar-refractivity contribution is 9.10. The molecule has 11 heavy (non-hydrogen) atoms. The minimum absolute atomic E-state index is 0.518. The molecule has 1 heterocycles. The summed E-state index contributed by atoms with van der Waals surface area (Å²) in [5.41, 5.74) is 1.94. The van der Waals surface area contributed by atoms with Crippen molar-refractivity contribution in [2.75, 3.05) is 0 Å². The molecular weight excluding hydrogens is 208 g/mol. The van der Waals surface area contributed by atoms with Crippen LogP contribution in [0.2, 0.25) is 0 Å². The number of hydrogen-bond acceptors (Lipinski definition) is 2. The lowest BCUT2D eigenvalue weighted by Crippen LogP contribution is -1.91. The van der Waals surface area contributed by atoms with E-state index in [9.17, 15) is 5.11 Å². The number of aliphatic hydroxyl groups excluding tert-OH is 1. The fourth-order valence-corrected chi connectivity index (χ4v) is 1.56. The van der Waals surface area contributed by atoms with E-state index in [0.29, 0.717) is 6.61 Å². The van der Waals surface area contributed by atoms with Crippen LogP contribution in [0.25, 0.3) is 0 Å². The first-order chi connectivity index (χ1) is 5.27. The zero-order chi connectivity index (χ0) is 7.84. The molecule has 1 N–H and O–H groups in total. The van der Waals surface area contributed by atoms with E-state index in [1.807, 2.05) is 18.2 Å².